The maximum absolute atomic E-state index is 8.62. The molecule has 0 aromatic heterocycles. The maximum Gasteiger partial charge on any atom is 0.162 e. The zero-order valence-corrected chi connectivity index (χ0v) is 13.6. The fourth-order valence-electron chi connectivity index (χ4n) is 1.76. The van der Waals surface area contributed by atoms with Gasteiger partial charge in [-0.3, -0.25) is 0 Å². The maximum atomic E-state index is 8.62. The van der Waals surface area contributed by atoms with Crippen LogP contribution in [-0.2, 0) is 6.61 Å². The minimum absolute atomic E-state index is 0.329. The van der Waals surface area contributed by atoms with Crippen LogP contribution >= 0.6 is 27.5 Å². The first-order valence-corrected chi connectivity index (χ1v) is 7.24. The molecule has 0 radical (unpaired) electrons. The number of oxime groups is 1. The number of hydrogen-bond acceptors (Lipinski definition) is 4. The van der Waals surface area contributed by atoms with E-state index in [1.165, 1.54) is 6.21 Å². The van der Waals surface area contributed by atoms with E-state index in [4.69, 9.17) is 26.3 Å². The van der Waals surface area contributed by atoms with Gasteiger partial charge in [-0.2, -0.15) is 0 Å². The Labute approximate surface area is 136 Å². The van der Waals surface area contributed by atoms with E-state index in [-0.39, 0.29) is 0 Å². The quantitative estimate of drug-likeness (QED) is 0.479. The van der Waals surface area contributed by atoms with Crippen molar-refractivity contribution in [2.24, 2.45) is 5.16 Å². The molecule has 0 heterocycles. The minimum Gasteiger partial charge on any atom is -0.493 e. The van der Waals surface area contributed by atoms with Gasteiger partial charge in [-0.25, -0.2) is 0 Å². The largest absolute Gasteiger partial charge is 0.493 e. The molecule has 0 aliphatic carbocycles. The normalized spacial score (nSPS) is 10.8. The van der Waals surface area contributed by atoms with Gasteiger partial charge in [0.25, 0.3) is 0 Å². The second kappa shape index (κ2) is 7.33. The first kappa shape index (κ1) is 15.7. The molecule has 6 heteroatoms. The Hall–Kier alpha value is -1.72. The van der Waals surface area contributed by atoms with Gasteiger partial charge in [0, 0.05) is 20.6 Å². The van der Waals surface area contributed by atoms with Crippen molar-refractivity contribution in [3.05, 3.63) is 57.0 Å². The SMILES string of the molecule is COc1cc(C=NO)c(Br)cc1OCc1ccccc1Cl. The van der Waals surface area contributed by atoms with Crippen molar-refractivity contribution in [1.82, 2.24) is 0 Å². The van der Waals surface area contributed by atoms with Gasteiger partial charge in [0.05, 0.1) is 13.3 Å². The molecule has 1 N–H and O–H groups in total. The van der Waals surface area contributed by atoms with E-state index in [1.54, 1.807) is 19.2 Å². The van der Waals surface area contributed by atoms with Crippen molar-refractivity contribution >= 4 is 33.7 Å². The first-order chi connectivity index (χ1) is 10.2. The van der Waals surface area contributed by atoms with Crippen LogP contribution < -0.4 is 9.47 Å². The molecular formula is C15H13BrClNO3. The van der Waals surface area contributed by atoms with E-state index >= 15 is 0 Å². The lowest BCUT2D eigenvalue weighted by atomic mass is 10.2. The molecule has 2 aromatic carbocycles. The predicted octanol–water partition coefficient (Wildman–Crippen LogP) is 4.50. The zero-order chi connectivity index (χ0) is 15.2. The summed E-state index contributed by atoms with van der Waals surface area (Å²) >= 11 is 9.48. The summed E-state index contributed by atoms with van der Waals surface area (Å²) in [6, 6.07) is 11.0. The molecule has 2 rings (SSSR count). The topological polar surface area (TPSA) is 51.0 Å². The molecule has 0 saturated carbocycles. The lowest BCUT2D eigenvalue weighted by Crippen LogP contribution is -1.99. The number of hydrogen-bond donors (Lipinski definition) is 1. The van der Waals surface area contributed by atoms with E-state index in [0.717, 1.165) is 10.0 Å². The van der Waals surface area contributed by atoms with Gasteiger partial charge in [-0.05, 0) is 34.1 Å². The van der Waals surface area contributed by atoms with Gasteiger partial charge in [-0.1, -0.05) is 35.0 Å². The summed E-state index contributed by atoms with van der Waals surface area (Å²) in [5.74, 6) is 1.11. The molecule has 0 saturated heterocycles. The molecule has 0 amide bonds. The second-order valence-electron chi connectivity index (χ2n) is 4.15. The smallest absolute Gasteiger partial charge is 0.162 e. The summed E-state index contributed by atoms with van der Waals surface area (Å²) < 4.78 is 11.8. The highest BCUT2D eigenvalue weighted by atomic mass is 79.9. The third kappa shape index (κ3) is 3.89. The average molecular weight is 371 g/mol. The summed E-state index contributed by atoms with van der Waals surface area (Å²) in [5, 5.41) is 12.3. The second-order valence-corrected chi connectivity index (χ2v) is 5.41. The van der Waals surface area contributed by atoms with E-state index < -0.39 is 0 Å². The van der Waals surface area contributed by atoms with Gasteiger partial charge in [-0.15, -0.1) is 0 Å². The number of rotatable bonds is 5. The van der Waals surface area contributed by atoms with Crippen LogP contribution in [0.15, 0.2) is 46.0 Å². The van der Waals surface area contributed by atoms with E-state index in [0.29, 0.717) is 28.7 Å². The lowest BCUT2D eigenvalue weighted by Gasteiger charge is -2.13. The van der Waals surface area contributed by atoms with Gasteiger partial charge >= 0.3 is 0 Å². The third-order valence-corrected chi connectivity index (χ3v) is 3.88. The van der Waals surface area contributed by atoms with Gasteiger partial charge < -0.3 is 14.7 Å². The van der Waals surface area contributed by atoms with Crippen LogP contribution in [0.25, 0.3) is 0 Å². The molecule has 0 unspecified atom stereocenters. The number of ether oxygens (including phenoxy) is 2. The summed E-state index contributed by atoms with van der Waals surface area (Å²) in [5.41, 5.74) is 1.57. The third-order valence-electron chi connectivity index (χ3n) is 2.82. The summed E-state index contributed by atoms with van der Waals surface area (Å²) in [7, 11) is 1.55. The molecule has 0 spiro atoms. The summed E-state index contributed by atoms with van der Waals surface area (Å²) in [6.07, 6.45) is 1.31. The molecular weight excluding hydrogens is 358 g/mol. The molecule has 0 aliphatic rings. The summed E-state index contributed by atoms with van der Waals surface area (Å²) in [6.45, 7) is 0.329. The van der Waals surface area contributed by atoms with Crippen LogP contribution in [0.2, 0.25) is 5.02 Å². The predicted molar refractivity (Wildman–Crippen MR) is 85.9 cm³/mol. The Bertz CT molecular complexity index is 661. The Morgan fingerprint density at radius 3 is 2.71 bits per heavy atom. The monoisotopic (exact) mass is 369 g/mol. The van der Waals surface area contributed by atoms with Crippen LogP contribution in [0, 0.1) is 0 Å². The molecule has 0 aliphatic heterocycles. The standard InChI is InChI=1S/C15H13BrClNO3/c1-20-14-6-11(8-18-19)12(16)7-15(14)21-9-10-4-2-3-5-13(10)17/h2-8,19H,9H2,1H3. The fourth-order valence-corrected chi connectivity index (χ4v) is 2.37. The van der Waals surface area contributed by atoms with Gasteiger partial charge in [0.15, 0.2) is 11.5 Å². The molecule has 21 heavy (non-hydrogen) atoms. The summed E-state index contributed by atoms with van der Waals surface area (Å²) in [4.78, 5) is 0. The van der Waals surface area contributed by atoms with Crippen molar-refractivity contribution < 1.29 is 14.7 Å². The minimum atomic E-state index is 0.329. The van der Waals surface area contributed by atoms with E-state index in [9.17, 15) is 0 Å². The van der Waals surface area contributed by atoms with E-state index in [1.807, 2.05) is 24.3 Å². The first-order valence-electron chi connectivity index (χ1n) is 6.07. The van der Waals surface area contributed by atoms with Crippen LogP contribution in [0.4, 0.5) is 0 Å². The molecule has 0 bridgehead atoms. The molecule has 0 fully saturated rings. The van der Waals surface area contributed by atoms with Crippen molar-refractivity contribution in [2.75, 3.05) is 7.11 Å². The number of nitrogens with zero attached hydrogens (tertiary/aromatic N) is 1. The van der Waals surface area contributed by atoms with Crippen molar-refractivity contribution in [2.45, 2.75) is 6.61 Å². The molecule has 2 aromatic rings. The van der Waals surface area contributed by atoms with Crippen LogP contribution in [0.3, 0.4) is 0 Å². The Morgan fingerprint density at radius 1 is 1.29 bits per heavy atom. The average Bonchev–Trinajstić information content (AvgIpc) is 2.49. The highest BCUT2D eigenvalue weighted by molar-refractivity contribution is 9.10. The Kier molecular flexibility index (Phi) is 5.47. The van der Waals surface area contributed by atoms with Crippen LogP contribution in [0.5, 0.6) is 11.5 Å². The zero-order valence-electron chi connectivity index (χ0n) is 11.2. The van der Waals surface area contributed by atoms with Gasteiger partial charge in [0.2, 0.25) is 0 Å². The molecule has 0 atom stereocenters. The number of methoxy groups -OCH3 is 1. The van der Waals surface area contributed by atoms with E-state index in [2.05, 4.69) is 21.1 Å². The number of benzene rings is 2. The van der Waals surface area contributed by atoms with Crippen molar-refractivity contribution in [3.63, 3.8) is 0 Å². The molecule has 4 nitrogen and oxygen atoms in total. The Balaban J connectivity index is 2.24. The highest BCUT2D eigenvalue weighted by Gasteiger charge is 2.10. The Morgan fingerprint density at radius 2 is 2.05 bits per heavy atom. The van der Waals surface area contributed by atoms with Crippen LogP contribution in [-0.4, -0.2) is 18.5 Å². The van der Waals surface area contributed by atoms with Crippen molar-refractivity contribution in [1.29, 1.82) is 0 Å². The van der Waals surface area contributed by atoms with Crippen molar-refractivity contribution in [3.8, 4) is 11.5 Å². The highest BCUT2D eigenvalue weighted by Crippen LogP contribution is 2.33. The van der Waals surface area contributed by atoms with Crippen LogP contribution in [0.1, 0.15) is 11.1 Å². The molecule has 110 valence electrons. The number of halogens is 2. The fraction of sp³-hybridized carbons (Fsp3) is 0.133. The lowest BCUT2D eigenvalue weighted by molar-refractivity contribution is 0.284. The van der Waals surface area contributed by atoms with Gasteiger partial charge in [0.1, 0.15) is 6.61 Å².